The van der Waals surface area contributed by atoms with Gasteiger partial charge in [-0.15, -0.1) is 0 Å². The third kappa shape index (κ3) is 3.21. The molecular formula is C18H28N2. The highest BCUT2D eigenvalue weighted by Crippen LogP contribution is 2.37. The van der Waals surface area contributed by atoms with Gasteiger partial charge in [-0.1, -0.05) is 39.0 Å². The van der Waals surface area contributed by atoms with Crippen LogP contribution in [0, 0.1) is 0 Å². The Balaban J connectivity index is 1.85. The summed E-state index contributed by atoms with van der Waals surface area (Å²) in [6, 6.07) is 2.36. The van der Waals surface area contributed by atoms with Crippen molar-refractivity contribution in [3.05, 3.63) is 23.3 Å². The van der Waals surface area contributed by atoms with E-state index in [2.05, 4.69) is 13.0 Å². The van der Waals surface area contributed by atoms with Gasteiger partial charge in [0.1, 0.15) is 5.82 Å². The van der Waals surface area contributed by atoms with Crippen LogP contribution in [0.4, 0.5) is 0 Å². The van der Waals surface area contributed by atoms with Crippen molar-refractivity contribution in [1.82, 2.24) is 9.97 Å². The molecule has 0 radical (unpaired) electrons. The molecule has 2 aliphatic carbocycles. The minimum atomic E-state index is 0.721. The van der Waals surface area contributed by atoms with Crippen LogP contribution in [0.5, 0.6) is 0 Å². The Morgan fingerprint density at radius 3 is 1.85 bits per heavy atom. The first-order valence-electron chi connectivity index (χ1n) is 8.74. The SMILES string of the molecule is CCCCc1nc(C2CCCC2)cc(C2CCCC2)n1. The monoisotopic (exact) mass is 272 g/mol. The maximum atomic E-state index is 4.91. The number of hydrogen-bond donors (Lipinski definition) is 0. The van der Waals surface area contributed by atoms with Crippen LogP contribution in [0.1, 0.15) is 100 Å². The summed E-state index contributed by atoms with van der Waals surface area (Å²) in [5, 5.41) is 0. The van der Waals surface area contributed by atoms with Crippen molar-refractivity contribution in [2.45, 2.75) is 89.4 Å². The van der Waals surface area contributed by atoms with E-state index in [-0.39, 0.29) is 0 Å². The molecule has 20 heavy (non-hydrogen) atoms. The summed E-state index contributed by atoms with van der Waals surface area (Å²) >= 11 is 0. The molecule has 0 aromatic carbocycles. The molecule has 2 fully saturated rings. The minimum Gasteiger partial charge on any atom is -0.238 e. The molecule has 1 aromatic rings. The van der Waals surface area contributed by atoms with Crippen LogP contribution in [-0.2, 0) is 6.42 Å². The van der Waals surface area contributed by atoms with Gasteiger partial charge in [-0.2, -0.15) is 0 Å². The predicted molar refractivity (Wildman–Crippen MR) is 83.1 cm³/mol. The molecule has 0 spiro atoms. The van der Waals surface area contributed by atoms with E-state index in [9.17, 15) is 0 Å². The fourth-order valence-corrected chi connectivity index (χ4v) is 3.85. The maximum absolute atomic E-state index is 4.91. The Morgan fingerprint density at radius 1 is 0.900 bits per heavy atom. The summed E-state index contributed by atoms with van der Waals surface area (Å²) in [4.78, 5) is 9.83. The van der Waals surface area contributed by atoms with E-state index in [4.69, 9.17) is 9.97 Å². The maximum Gasteiger partial charge on any atom is 0.128 e. The van der Waals surface area contributed by atoms with Gasteiger partial charge < -0.3 is 0 Å². The van der Waals surface area contributed by atoms with Gasteiger partial charge in [0, 0.05) is 29.6 Å². The topological polar surface area (TPSA) is 25.8 Å². The molecule has 1 aromatic heterocycles. The summed E-state index contributed by atoms with van der Waals surface area (Å²) < 4.78 is 0. The van der Waals surface area contributed by atoms with E-state index in [0.717, 1.165) is 24.1 Å². The zero-order chi connectivity index (χ0) is 13.8. The van der Waals surface area contributed by atoms with Gasteiger partial charge in [-0.3, -0.25) is 0 Å². The van der Waals surface area contributed by atoms with E-state index < -0.39 is 0 Å². The molecule has 0 bridgehead atoms. The number of unbranched alkanes of at least 4 members (excludes halogenated alkanes) is 1. The largest absolute Gasteiger partial charge is 0.238 e. The van der Waals surface area contributed by atoms with Gasteiger partial charge in [0.15, 0.2) is 0 Å². The Kier molecular flexibility index (Phi) is 4.69. The summed E-state index contributed by atoms with van der Waals surface area (Å²) in [6.07, 6.45) is 14.4. The van der Waals surface area contributed by atoms with Crippen molar-refractivity contribution >= 4 is 0 Å². The first kappa shape index (κ1) is 14.0. The molecule has 0 unspecified atom stereocenters. The van der Waals surface area contributed by atoms with Gasteiger partial charge in [-0.05, 0) is 38.2 Å². The lowest BCUT2D eigenvalue weighted by Gasteiger charge is -2.15. The number of aromatic nitrogens is 2. The van der Waals surface area contributed by atoms with Gasteiger partial charge in [-0.25, -0.2) is 9.97 Å². The Bertz CT molecular complexity index is 395. The molecular weight excluding hydrogens is 244 g/mol. The van der Waals surface area contributed by atoms with Crippen LogP contribution >= 0.6 is 0 Å². The standard InChI is InChI=1S/C18H28N2/c1-2-3-12-18-19-16(14-8-4-5-9-14)13-17(20-18)15-10-6-7-11-15/h13-15H,2-12H2,1H3. The number of hydrogen-bond acceptors (Lipinski definition) is 2. The van der Waals surface area contributed by atoms with Crippen LogP contribution < -0.4 is 0 Å². The first-order valence-corrected chi connectivity index (χ1v) is 8.74. The lowest BCUT2D eigenvalue weighted by Crippen LogP contribution is -2.08. The normalized spacial score (nSPS) is 20.9. The number of nitrogens with zero attached hydrogens (tertiary/aromatic N) is 2. The zero-order valence-corrected chi connectivity index (χ0v) is 12.9. The fourth-order valence-electron chi connectivity index (χ4n) is 3.85. The van der Waals surface area contributed by atoms with Gasteiger partial charge in [0.05, 0.1) is 0 Å². The Hall–Kier alpha value is -0.920. The van der Waals surface area contributed by atoms with Crippen LogP contribution in [0.25, 0.3) is 0 Å². The molecule has 1 heterocycles. The van der Waals surface area contributed by atoms with E-state index in [1.54, 1.807) is 0 Å². The molecule has 2 saturated carbocycles. The van der Waals surface area contributed by atoms with Crippen molar-refractivity contribution in [3.8, 4) is 0 Å². The van der Waals surface area contributed by atoms with E-state index >= 15 is 0 Å². The highest BCUT2D eigenvalue weighted by Gasteiger charge is 2.23. The van der Waals surface area contributed by atoms with E-state index in [0.29, 0.717) is 0 Å². The molecule has 0 amide bonds. The van der Waals surface area contributed by atoms with Crippen molar-refractivity contribution in [2.24, 2.45) is 0 Å². The molecule has 2 aliphatic rings. The molecule has 0 atom stereocenters. The molecule has 3 rings (SSSR count). The van der Waals surface area contributed by atoms with Crippen LogP contribution in [0.3, 0.4) is 0 Å². The van der Waals surface area contributed by atoms with Crippen LogP contribution in [0.15, 0.2) is 6.07 Å². The zero-order valence-electron chi connectivity index (χ0n) is 12.9. The van der Waals surface area contributed by atoms with Crippen molar-refractivity contribution in [1.29, 1.82) is 0 Å². The smallest absolute Gasteiger partial charge is 0.128 e. The lowest BCUT2D eigenvalue weighted by atomic mass is 9.98. The summed E-state index contributed by atoms with van der Waals surface area (Å²) in [7, 11) is 0. The van der Waals surface area contributed by atoms with Gasteiger partial charge >= 0.3 is 0 Å². The fraction of sp³-hybridized carbons (Fsp3) is 0.778. The second kappa shape index (κ2) is 6.69. The molecule has 0 saturated heterocycles. The quantitative estimate of drug-likeness (QED) is 0.742. The third-order valence-electron chi connectivity index (χ3n) is 5.11. The highest BCUT2D eigenvalue weighted by molar-refractivity contribution is 5.20. The van der Waals surface area contributed by atoms with E-state index in [1.165, 1.54) is 75.6 Å². The van der Waals surface area contributed by atoms with Crippen LogP contribution in [0.2, 0.25) is 0 Å². The number of rotatable bonds is 5. The lowest BCUT2D eigenvalue weighted by molar-refractivity contribution is 0.636. The van der Waals surface area contributed by atoms with Gasteiger partial charge in [0.25, 0.3) is 0 Å². The summed E-state index contributed by atoms with van der Waals surface area (Å²) in [5.41, 5.74) is 2.73. The van der Waals surface area contributed by atoms with Gasteiger partial charge in [0.2, 0.25) is 0 Å². The molecule has 0 aliphatic heterocycles. The minimum absolute atomic E-state index is 0.721. The molecule has 2 nitrogen and oxygen atoms in total. The van der Waals surface area contributed by atoms with E-state index in [1.807, 2.05) is 0 Å². The second-order valence-electron chi connectivity index (χ2n) is 6.70. The van der Waals surface area contributed by atoms with Crippen molar-refractivity contribution < 1.29 is 0 Å². The average molecular weight is 272 g/mol. The Morgan fingerprint density at radius 2 is 1.40 bits per heavy atom. The number of aryl methyl sites for hydroxylation is 1. The molecule has 2 heteroatoms. The average Bonchev–Trinajstić information content (AvgIpc) is 3.17. The highest BCUT2D eigenvalue weighted by atomic mass is 14.9. The second-order valence-corrected chi connectivity index (χ2v) is 6.70. The first-order chi connectivity index (χ1) is 9.86. The third-order valence-corrected chi connectivity index (χ3v) is 5.11. The molecule has 0 N–H and O–H groups in total. The summed E-state index contributed by atoms with van der Waals surface area (Å²) in [5.74, 6) is 2.57. The molecule has 110 valence electrons. The Labute approximate surface area is 123 Å². The van der Waals surface area contributed by atoms with Crippen molar-refractivity contribution in [3.63, 3.8) is 0 Å². The van der Waals surface area contributed by atoms with Crippen molar-refractivity contribution in [2.75, 3.05) is 0 Å². The predicted octanol–water partition coefficient (Wildman–Crippen LogP) is 5.13. The van der Waals surface area contributed by atoms with Crippen LogP contribution in [-0.4, -0.2) is 9.97 Å². The summed E-state index contributed by atoms with van der Waals surface area (Å²) in [6.45, 7) is 2.25.